The molecule has 1 aromatic heterocycles. The fraction of sp³-hybridized carbons (Fsp3) is 0.476. The van der Waals surface area contributed by atoms with Crippen molar-refractivity contribution in [1.29, 1.82) is 0 Å². The minimum atomic E-state index is 0.156. The Morgan fingerprint density at radius 1 is 1.03 bits per heavy atom. The van der Waals surface area contributed by atoms with Crippen molar-refractivity contribution in [3.8, 4) is 5.75 Å². The maximum Gasteiger partial charge on any atom is 0.227 e. The van der Waals surface area contributed by atoms with Crippen molar-refractivity contribution in [2.24, 2.45) is 0 Å². The summed E-state index contributed by atoms with van der Waals surface area (Å²) in [5.74, 6) is 1.83. The van der Waals surface area contributed by atoms with Crippen molar-refractivity contribution in [3.05, 3.63) is 42.1 Å². The second-order valence-corrected chi connectivity index (χ2v) is 7.26. The molecule has 2 aliphatic heterocycles. The Hall–Kier alpha value is -2.87. The zero-order valence-electron chi connectivity index (χ0n) is 16.8. The van der Waals surface area contributed by atoms with Crippen LogP contribution in [0, 0.1) is 0 Å². The molecule has 2 fully saturated rings. The normalized spacial score (nSPS) is 17.3. The first-order valence-corrected chi connectivity index (χ1v) is 10.0. The quantitative estimate of drug-likeness (QED) is 0.751. The van der Waals surface area contributed by atoms with E-state index in [0.717, 1.165) is 62.2 Å². The molecule has 1 amide bonds. The van der Waals surface area contributed by atoms with Crippen molar-refractivity contribution < 1.29 is 14.3 Å². The van der Waals surface area contributed by atoms with Crippen LogP contribution in [-0.2, 0) is 16.0 Å². The number of anilines is 2. The first-order valence-electron chi connectivity index (χ1n) is 10.0. The Morgan fingerprint density at radius 2 is 1.76 bits per heavy atom. The lowest BCUT2D eigenvalue weighted by atomic mass is 10.1. The molecule has 0 saturated carbocycles. The molecule has 2 aliphatic rings. The van der Waals surface area contributed by atoms with Crippen LogP contribution in [0.15, 0.2) is 36.5 Å². The van der Waals surface area contributed by atoms with E-state index in [-0.39, 0.29) is 5.91 Å². The third kappa shape index (κ3) is 4.76. The zero-order valence-corrected chi connectivity index (χ0v) is 16.8. The number of carbonyl (C=O) groups is 1. The SMILES string of the molecule is COc1ccc(CC(=O)N2CCN(c3cc(N4CCOCC4)cnn3)CC2)cc1. The van der Waals surface area contributed by atoms with E-state index < -0.39 is 0 Å². The van der Waals surface area contributed by atoms with E-state index >= 15 is 0 Å². The predicted molar refractivity (Wildman–Crippen MR) is 111 cm³/mol. The molecule has 3 heterocycles. The van der Waals surface area contributed by atoms with Crippen molar-refractivity contribution in [2.45, 2.75) is 6.42 Å². The molecule has 4 rings (SSSR count). The molecule has 0 N–H and O–H groups in total. The lowest BCUT2D eigenvalue weighted by molar-refractivity contribution is -0.130. The predicted octanol–water partition coefficient (Wildman–Crippen LogP) is 1.21. The average molecular weight is 397 g/mol. The second kappa shape index (κ2) is 9.09. The Balaban J connectivity index is 1.32. The highest BCUT2D eigenvalue weighted by Crippen LogP contribution is 2.21. The van der Waals surface area contributed by atoms with Gasteiger partial charge in [0.25, 0.3) is 0 Å². The van der Waals surface area contributed by atoms with Gasteiger partial charge in [-0.25, -0.2) is 0 Å². The van der Waals surface area contributed by atoms with Gasteiger partial charge in [0.05, 0.1) is 38.6 Å². The topological polar surface area (TPSA) is 71.0 Å². The molecule has 0 unspecified atom stereocenters. The summed E-state index contributed by atoms with van der Waals surface area (Å²) < 4.78 is 10.6. The van der Waals surface area contributed by atoms with Gasteiger partial charge in [-0.1, -0.05) is 12.1 Å². The standard InChI is InChI=1S/C21H27N5O3/c1-28-19-4-2-17(3-5-19)14-21(27)26-8-6-25(7-9-26)20-15-18(16-22-23-20)24-10-12-29-13-11-24/h2-5,15-16H,6-14H2,1H3. The maximum absolute atomic E-state index is 12.7. The van der Waals surface area contributed by atoms with Gasteiger partial charge in [0.15, 0.2) is 5.82 Å². The first kappa shape index (κ1) is 19.4. The van der Waals surface area contributed by atoms with E-state index in [1.165, 1.54) is 0 Å². The number of nitrogens with zero attached hydrogens (tertiary/aromatic N) is 5. The lowest BCUT2D eigenvalue weighted by Gasteiger charge is -2.36. The van der Waals surface area contributed by atoms with Crippen LogP contribution < -0.4 is 14.5 Å². The highest BCUT2D eigenvalue weighted by molar-refractivity contribution is 5.79. The number of carbonyl (C=O) groups excluding carboxylic acids is 1. The van der Waals surface area contributed by atoms with Gasteiger partial charge in [-0.3, -0.25) is 4.79 Å². The Labute approximate surface area is 171 Å². The molecule has 0 bridgehead atoms. The van der Waals surface area contributed by atoms with Gasteiger partial charge in [-0.05, 0) is 17.7 Å². The smallest absolute Gasteiger partial charge is 0.227 e. The molecule has 8 nitrogen and oxygen atoms in total. The average Bonchev–Trinajstić information content (AvgIpc) is 2.80. The molecule has 0 radical (unpaired) electrons. The van der Waals surface area contributed by atoms with Crippen LogP contribution in [-0.4, -0.2) is 80.6 Å². The number of ether oxygens (including phenoxy) is 2. The molecule has 0 aliphatic carbocycles. The van der Waals surface area contributed by atoms with Crippen LogP contribution >= 0.6 is 0 Å². The van der Waals surface area contributed by atoms with E-state index in [0.29, 0.717) is 19.5 Å². The van der Waals surface area contributed by atoms with E-state index in [4.69, 9.17) is 9.47 Å². The number of methoxy groups -OCH3 is 1. The Bertz CT molecular complexity index is 815. The molecular formula is C21H27N5O3. The highest BCUT2D eigenvalue weighted by Gasteiger charge is 2.23. The Kier molecular flexibility index (Phi) is 6.09. The summed E-state index contributed by atoms with van der Waals surface area (Å²) in [7, 11) is 1.64. The number of piperazine rings is 1. The second-order valence-electron chi connectivity index (χ2n) is 7.26. The van der Waals surface area contributed by atoms with E-state index in [1.807, 2.05) is 35.4 Å². The van der Waals surface area contributed by atoms with Gasteiger partial charge in [0.1, 0.15) is 5.75 Å². The van der Waals surface area contributed by atoms with Crippen molar-refractivity contribution >= 4 is 17.4 Å². The number of morpholine rings is 1. The maximum atomic E-state index is 12.7. The van der Waals surface area contributed by atoms with Crippen LogP contribution in [0.1, 0.15) is 5.56 Å². The molecular weight excluding hydrogens is 370 g/mol. The molecule has 8 heteroatoms. The fourth-order valence-electron chi connectivity index (χ4n) is 3.71. The molecule has 154 valence electrons. The number of hydrogen-bond donors (Lipinski definition) is 0. The monoisotopic (exact) mass is 397 g/mol. The van der Waals surface area contributed by atoms with Gasteiger partial charge in [0, 0.05) is 45.3 Å². The summed E-state index contributed by atoms with van der Waals surface area (Å²) in [6.45, 7) is 6.14. The number of amides is 1. The third-order valence-corrected chi connectivity index (χ3v) is 5.47. The van der Waals surface area contributed by atoms with Crippen LogP contribution in [0.5, 0.6) is 5.75 Å². The molecule has 2 aromatic rings. The minimum absolute atomic E-state index is 0.156. The third-order valence-electron chi connectivity index (χ3n) is 5.47. The number of aromatic nitrogens is 2. The summed E-state index contributed by atoms with van der Waals surface area (Å²) in [6.07, 6.45) is 2.22. The molecule has 2 saturated heterocycles. The van der Waals surface area contributed by atoms with Gasteiger partial charge in [-0.15, -0.1) is 5.10 Å². The van der Waals surface area contributed by atoms with E-state index in [1.54, 1.807) is 7.11 Å². The molecule has 0 atom stereocenters. The fourth-order valence-corrected chi connectivity index (χ4v) is 3.71. The minimum Gasteiger partial charge on any atom is -0.497 e. The molecule has 29 heavy (non-hydrogen) atoms. The number of benzene rings is 1. The summed E-state index contributed by atoms with van der Waals surface area (Å²) in [4.78, 5) is 19.1. The number of hydrogen-bond acceptors (Lipinski definition) is 7. The van der Waals surface area contributed by atoms with Crippen molar-refractivity contribution in [2.75, 3.05) is 69.4 Å². The van der Waals surface area contributed by atoms with E-state index in [2.05, 4.69) is 26.1 Å². The summed E-state index contributed by atoms with van der Waals surface area (Å²) in [5, 5.41) is 8.51. The Morgan fingerprint density at radius 3 is 2.45 bits per heavy atom. The van der Waals surface area contributed by atoms with Gasteiger partial charge < -0.3 is 24.2 Å². The zero-order chi connectivity index (χ0) is 20.1. The lowest BCUT2D eigenvalue weighted by Crippen LogP contribution is -2.49. The van der Waals surface area contributed by atoms with Gasteiger partial charge >= 0.3 is 0 Å². The summed E-state index contributed by atoms with van der Waals surface area (Å²) in [6, 6.07) is 9.76. The van der Waals surface area contributed by atoms with Crippen LogP contribution in [0.3, 0.4) is 0 Å². The van der Waals surface area contributed by atoms with Crippen LogP contribution in [0.4, 0.5) is 11.5 Å². The highest BCUT2D eigenvalue weighted by atomic mass is 16.5. The van der Waals surface area contributed by atoms with Crippen molar-refractivity contribution in [3.63, 3.8) is 0 Å². The number of rotatable bonds is 5. The van der Waals surface area contributed by atoms with Crippen LogP contribution in [0.25, 0.3) is 0 Å². The largest absolute Gasteiger partial charge is 0.497 e. The summed E-state index contributed by atoms with van der Waals surface area (Å²) >= 11 is 0. The first-order chi connectivity index (χ1) is 14.2. The van der Waals surface area contributed by atoms with Crippen LogP contribution in [0.2, 0.25) is 0 Å². The van der Waals surface area contributed by atoms with Gasteiger partial charge in [0.2, 0.25) is 5.91 Å². The van der Waals surface area contributed by atoms with Gasteiger partial charge in [-0.2, -0.15) is 5.10 Å². The van der Waals surface area contributed by atoms with Crippen molar-refractivity contribution in [1.82, 2.24) is 15.1 Å². The summed E-state index contributed by atoms with van der Waals surface area (Å²) in [5.41, 5.74) is 2.08. The molecule has 1 aromatic carbocycles. The van der Waals surface area contributed by atoms with E-state index in [9.17, 15) is 4.79 Å². The molecule has 0 spiro atoms.